The second-order valence-corrected chi connectivity index (χ2v) is 5.59. The molecule has 2 nitrogen and oxygen atoms in total. The fourth-order valence-corrected chi connectivity index (χ4v) is 2.58. The molecule has 0 heterocycles. The molecule has 21 heavy (non-hydrogen) atoms. The molecule has 0 radical (unpaired) electrons. The highest BCUT2D eigenvalue weighted by Gasteiger charge is 2.19. The number of halogens is 1. The lowest BCUT2D eigenvalue weighted by molar-refractivity contribution is -0.117. The fraction of sp³-hybridized carbons (Fsp3) is 0.222. The van der Waals surface area contributed by atoms with Crippen LogP contribution in [0.25, 0.3) is 0 Å². The Hall–Kier alpha value is -1.93. The molecule has 0 saturated carbocycles. The third kappa shape index (κ3) is 4.54. The summed E-state index contributed by atoms with van der Waals surface area (Å²) in [7, 11) is 0. The maximum absolute atomic E-state index is 12.4. The van der Waals surface area contributed by atoms with Crippen molar-refractivity contribution in [2.45, 2.75) is 25.7 Å². The van der Waals surface area contributed by atoms with E-state index in [4.69, 9.17) is 11.6 Å². The van der Waals surface area contributed by atoms with Gasteiger partial charge in [0.15, 0.2) is 5.78 Å². The number of Topliss-reactive ketones (excluding diaryl/α,β-unsaturated/α-hetero) is 2. The van der Waals surface area contributed by atoms with Crippen molar-refractivity contribution in [1.29, 1.82) is 0 Å². The van der Waals surface area contributed by atoms with E-state index >= 15 is 0 Å². The first-order valence-corrected chi connectivity index (χ1v) is 7.27. The van der Waals surface area contributed by atoms with Gasteiger partial charge < -0.3 is 4.79 Å². The van der Waals surface area contributed by atoms with Crippen LogP contribution in [-0.4, -0.2) is 11.6 Å². The number of hydrogen-bond acceptors (Lipinski definition) is 2. The van der Waals surface area contributed by atoms with E-state index in [1.807, 2.05) is 36.4 Å². The summed E-state index contributed by atoms with van der Waals surface area (Å²) in [5.41, 5.74) is 1.61. The molecule has 0 aliphatic heterocycles. The molecule has 0 amide bonds. The van der Waals surface area contributed by atoms with Crippen LogP contribution in [0.3, 0.4) is 0 Å². The van der Waals surface area contributed by atoms with Crippen molar-refractivity contribution in [3.63, 3.8) is 0 Å². The van der Waals surface area contributed by atoms with Crippen LogP contribution >= 0.6 is 11.6 Å². The summed E-state index contributed by atoms with van der Waals surface area (Å²) < 4.78 is 0. The molecule has 0 spiro atoms. The Morgan fingerprint density at radius 2 is 1.71 bits per heavy atom. The number of carbonyl (C=O) groups excluding carboxylic acids is 2. The Kier molecular flexibility index (Phi) is 5.29. The summed E-state index contributed by atoms with van der Waals surface area (Å²) in [5.74, 6) is -0.0171. The largest absolute Gasteiger partial charge is 0.300 e. The molecule has 0 bridgehead atoms. The Balaban J connectivity index is 2.21. The molecule has 0 N–H and O–H groups in total. The first kappa shape index (κ1) is 15.5. The van der Waals surface area contributed by atoms with Crippen molar-refractivity contribution >= 4 is 23.2 Å². The number of carbonyl (C=O) groups is 2. The molecule has 0 aromatic heterocycles. The van der Waals surface area contributed by atoms with Gasteiger partial charge in [-0.15, -0.1) is 0 Å². The van der Waals surface area contributed by atoms with E-state index in [-0.39, 0.29) is 17.5 Å². The smallest absolute Gasteiger partial charge is 0.163 e. The number of ketones is 2. The van der Waals surface area contributed by atoms with Crippen LogP contribution in [0, 0.1) is 0 Å². The third-order valence-corrected chi connectivity index (χ3v) is 3.62. The van der Waals surface area contributed by atoms with E-state index in [1.54, 1.807) is 25.1 Å². The van der Waals surface area contributed by atoms with E-state index in [0.717, 1.165) is 5.56 Å². The predicted octanol–water partition coefficient (Wildman–Crippen LogP) is 4.68. The van der Waals surface area contributed by atoms with E-state index in [2.05, 4.69) is 0 Å². The maximum atomic E-state index is 12.4. The van der Waals surface area contributed by atoms with Crippen LogP contribution in [0.2, 0.25) is 5.02 Å². The highest BCUT2D eigenvalue weighted by Crippen LogP contribution is 2.27. The predicted molar refractivity (Wildman–Crippen MR) is 84.9 cm³/mol. The maximum Gasteiger partial charge on any atom is 0.163 e. The Labute approximate surface area is 129 Å². The lowest BCUT2D eigenvalue weighted by Gasteiger charge is -2.15. The highest BCUT2D eigenvalue weighted by atomic mass is 35.5. The zero-order valence-corrected chi connectivity index (χ0v) is 12.6. The van der Waals surface area contributed by atoms with Gasteiger partial charge >= 0.3 is 0 Å². The third-order valence-electron chi connectivity index (χ3n) is 3.38. The molecule has 0 fully saturated rings. The topological polar surface area (TPSA) is 34.1 Å². The molecule has 108 valence electrons. The van der Waals surface area contributed by atoms with Gasteiger partial charge in [0.1, 0.15) is 5.78 Å². The van der Waals surface area contributed by atoms with Gasteiger partial charge in [0.2, 0.25) is 0 Å². The average molecular weight is 301 g/mol. The van der Waals surface area contributed by atoms with Gasteiger partial charge in [-0.05, 0) is 30.5 Å². The van der Waals surface area contributed by atoms with E-state index in [9.17, 15) is 9.59 Å². The van der Waals surface area contributed by atoms with E-state index in [1.165, 1.54) is 0 Å². The zero-order chi connectivity index (χ0) is 15.2. The molecule has 0 saturated heterocycles. The molecular weight excluding hydrogens is 284 g/mol. The molecule has 3 heteroatoms. The SMILES string of the molecule is CC(=O)C[C@@H](CC(=O)c1ccccc1)c1cccc(Cl)c1. The van der Waals surface area contributed by atoms with Gasteiger partial charge in [-0.1, -0.05) is 54.1 Å². The van der Waals surface area contributed by atoms with Crippen LogP contribution < -0.4 is 0 Å². The summed E-state index contributed by atoms with van der Waals surface area (Å²) in [4.78, 5) is 23.8. The molecule has 0 aliphatic carbocycles. The zero-order valence-electron chi connectivity index (χ0n) is 11.9. The lowest BCUT2D eigenvalue weighted by atomic mass is 9.88. The van der Waals surface area contributed by atoms with Crippen molar-refractivity contribution in [3.05, 3.63) is 70.7 Å². The quantitative estimate of drug-likeness (QED) is 0.726. The Bertz CT molecular complexity index is 635. The molecule has 2 aromatic rings. The summed E-state index contributed by atoms with van der Waals surface area (Å²) in [6.07, 6.45) is 0.656. The monoisotopic (exact) mass is 300 g/mol. The van der Waals surface area contributed by atoms with Crippen LogP contribution in [0.15, 0.2) is 54.6 Å². The van der Waals surface area contributed by atoms with E-state index in [0.29, 0.717) is 23.4 Å². The van der Waals surface area contributed by atoms with Crippen LogP contribution in [0.4, 0.5) is 0 Å². The minimum Gasteiger partial charge on any atom is -0.300 e. The van der Waals surface area contributed by atoms with Crippen molar-refractivity contribution in [2.24, 2.45) is 0 Å². The van der Waals surface area contributed by atoms with Crippen molar-refractivity contribution < 1.29 is 9.59 Å². The Morgan fingerprint density at radius 3 is 2.33 bits per heavy atom. The first-order chi connectivity index (χ1) is 10.1. The molecule has 1 atom stereocenters. The Morgan fingerprint density at radius 1 is 1.00 bits per heavy atom. The lowest BCUT2D eigenvalue weighted by Crippen LogP contribution is -2.11. The van der Waals surface area contributed by atoms with Crippen molar-refractivity contribution in [1.82, 2.24) is 0 Å². The first-order valence-electron chi connectivity index (χ1n) is 6.89. The second-order valence-electron chi connectivity index (χ2n) is 5.15. The van der Waals surface area contributed by atoms with Gasteiger partial charge in [0, 0.05) is 23.4 Å². The molecule has 2 aromatic carbocycles. The summed E-state index contributed by atoms with van der Waals surface area (Å²) in [6.45, 7) is 1.55. The molecular formula is C18H17ClO2. The van der Waals surface area contributed by atoms with Crippen molar-refractivity contribution in [3.8, 4) is 0 Å². The van der Waals surface area contributed by atoms with Gasteiger partial charge in [0.25, 0.3) is 0 Å². The number of hydrogen-bond donors (Lipinski definition) is 0. The molecule has 0 unspecified atom stereocenters. The van der Waals surface area contributed by atoms with Crippen LogP contribution in [0.1, 0.15) is 41.6 Å². The number of benzene rings is 2. The number of rotatable bonds is 6. The summed E-state index contributed by atoms with van der Waals surface area (Å²) in [6, 6.07) is 16.5. The minimum absolute atomic E-state index is 0.0434. The highest BCUT2D eigenvalue weighted by molar-refractivity contribution is 6.30. The summed E-state index contributed by atoms with van der Waals surface area (Å²) >= 11 is 6.01. The van der Waals surface area contributed by atoms with Crippen LogP contribution in [-0.2, 0) is 4.79 Å². The second kappa shape index (κ2) is 7.19. The minimum atomic E-state index is -0.131. The average Bonchev–Trinajstić information content (AvgIpc) is 2.47. The van der Waals surface area contributed by atoms with Gasteiger partial charge in [-0.25, -0.2) is 0 Å². The van der Waals surface area contributed by atoms with Crippen molar-refractivity contribution in [2.75, 3.05) is 0 Å². The van der Waals surface area contributed by atoms with Gasteiger partial charge in [-0.2, -0.15) is 0 Å². The molecule has 0 aliphatic rings. The summed E-state index contributed by atoms with van der Waals surface area (Å²) in [5, 5.41) is 0.619. The van der Waals surface area contributed by atoms with E-state index < -0.39 is 0 Å². The molecule has 2 rings (SSSR count). The van der Waals surface area contributed by atoms with Gasteiger partial charge in [0.05, 0.1) is 0 Å². The van der Waals surface area contributed by atoms with Crippen LogP contribution in [0.5, 0.6) is 0 Å². The fourth-order valence-electron chi connectivity index (χ4n) is 2.38. The normalized spacial score (nSPS) is 11.9. The standard InChI is InChI=1S/C18H17ClO2/c1-13(20)10-16(15-8-5-9-17(19)11-15)12-18(21)14-6-3-2-4-7-14/h2-9,11,16H,10,12H2,1H3/t16-/m0/s1. The van der Waals surface area contributed by atoms with Gasteiger partial charge in [-0.3, -0.25) is 4.79 Å².